The summed E-state index contributed by atoms with van der Waals surface area (Å²) in [4.78, 5) is 0. The highest BCUT2D eigenvalue weighted by molar-refractivity contribution is 5.11. The zero-order valence-corrected chi connectivity index (χ0v) is 13.7. The maximum absolute atomic E-state index is 6.59. The van der Waals surface area contributed by atoms with Crippen LogP contribution in [0.1, 0.15) is 63.3 Å². The first-order chi connectivity index (χ1) is 10.2. The first-order valence-electron chi connectivity index (χ1n) is 8.96. The van der Waals surface area contributed by atoms with Gasteiger partial charge in [-0.1, -0.05) is 25.7 Å². The van der Waals surface area contributed by atoms with Gasteiger partial charge in [0.1, 0.15) is 0 Å². The van der Waals surface area contributed by atoms with E-state index in [2.05, 4.69) is 29.7 Å². The Bertz CT molecular complexity index is 465. The zero-order valence-electron chi connectivity index (χ0n) is 13.7. The first kappa shape index (κ1) is 15.1. The van der Waals surface area contributed by atoms with Crippen LogP contribution in [0.2, 0.25) is 0 Å². The average molecular weight is 289 g/mol. The Morgan fingerprint density at radius 3 is 2.76 bits per heavy atom. The Morgan fingerprint density at radius 2 is 2.00 bits per heavy atom. The molecule has 0 bridgehead atoms. The van der Waals surface area contributed by atoms with Crippen molar-refractivity contribution in [3.63, 3.8) is 0 Å². The summed E-state index contributed by atoms with van der Waals surface area (Å²) in [5.74, 6) is 2.72. The van der Waals surface area contributed by atoms with Crippen LogP contribution < -0.4 is 5.73 Å². The SMILES string of the molecule is CCn1nc(C)cc1CC(N)C1CCC2CCCCC2C1. The van der Waals surface area contributed by atoms with Gasteiger partial charge >= 0.3 is 0 Å². The molecule has 0 aliphatic heterocycles. The molecule has 21 heavy (non-hydrogen) atoms. The molecule has 0 amide bonds. The largest absolute Gasteiger partial charge is 0.327 e. The Balaban J connectivity index is 1.61. The van der Waals surface area contributed by atoms with E-state index in [0.29, 0.717) is 6.04 Å². The van der Waals surface area contributed by atoms with Gasteiger partial charge in [-0.25, -0.2) is 0 Å². The Morgan fingerprint density at radius 1 is 1.24 bits per heavy atom. The van der Waals surface area contributed by atoms with Gasteiger partial charge in [0.15, 0.2) is 0 Å². The average Bonchev–Trinajstić information content (AvgIpc) is 2.86. The predicted octanol–water partition coefficient (Wildman–Crippen LogP) is 3.69. The third-order valence-corrected chi connectivity index (χ3v) is 5.92. The fraction of sp³-hybridized carbons (Fsp3) is 0.833. The lowest BCUT2D eigenvalue weighted by Gasteiger charge is -2.41. The maximum Gasteiger partial charge on any atom is 0.0596 e. The van der Waals surface area contributed by atoms with E-state index in [1.54, 1.807) is 0 Å². The van der Waals surface area contributed by atoms with Crippen molar-refractivity contribution in [3.05, 3.63) is 17.5 Å². The number of aryl methyl sites for hydroxylation is 2. The lowest BCUT2D eigenvalue weighted by molar-refractivity contribution is 0.117. The number of fused-ring (bicyclic) bond motifs is 1. The number of nitrogens with zero attached hydrogens (tertiary/aromatic N) is 2. The molecule has 0 radical (unpaired) electrons. The molecule has 4 unspecified atom stereocenters. The van der Waals surface area contributed by atoms with E-state index in [1.165, 1.54) is 50.6 Å². The van der Waals surface area contributed by atoms with E-state index in [1.807, 2.05) is 0 Å². The second kappa shape index (κ2) is 6.51. The molecule has 2 aliphatic rings. The Kier molecular flexibility index (Phi) is 4.68. The molecule has 1 aromatic rings. The van der Waals surface area contributed by atoms with E-state index < -0.39 is 0 Å². The van der Waals surface area contributed by atoms with Crippen molar-refractivity contribution in [2.75, 3.05) is 0 Å². The molecule has 2 N–H and O–H groups in total. The predicted molar refractivity (Wildman–Crippen MR) is 87.1 cm³/mol. The number of rotatable bonds is 4. The molecule has 118 valence electrons. The highest BCUT2D eigenvalue weighted by Crippen LogP contribution is 2.43. The van der Waals surface area contributed by atoms with Crippen molar-refractivity contribution >= 4 is 0 Å². The third-order valence-electron chi connectivity index (χ3n) is 5.92. The van der Waals surface area contributed by atoms with E-state index in [-0.39, 0.29) is 0 Å². The second-order valence-corrected chi connectivity index (χ2v) is 7.34. The van der Waals surface area contributed by atoms with Crippen LogP contribution in [-0.2, 0) is 13.0 Å². The van der Waals surface area contributed by atoms with Crippen LogP contribution in [0, 0.1) is 24.7 Å². The molecular weight excluding hydrogens is 258 g/mol. The Hall–Kier alpha value is -0.830. The standard InChI is InChI=1S/C18H31N3/c1-3-21-17(10-13(2)20-21)12-18(19)16-9-8-14-6-4-5-7-15(14)11-16/h10,14-16,18H,3-9,11-12,19H2,1-2H3. The van der Waals surface area contributed by atoms with E-state index in [4.69, 9.17) is 5.73 Å². The second-order valence-electron chi connectivity index (χ2n) is 7.34. The van der Waals surface area contributed by atoms with Gasteiger partial charge in [0.25, 0.3) is 0 Å². The molecule has 0 spiro atoms. The summed E-state index contributed by atoms with van der Waals surface area (Å²) in [6, 6.07) is 2.53. The van der Waals surface area contributed by atoms with Crippen LogP contribution in [0.5, 0.6) is 0 Å². The van der Waals surface area contributed by atoms with Crippen LogP contribution in [0.25, 0.3) is 0 Å². The fourth-order valence-corrected chi connectivity index (χ4v) is 4.74. The van der Waals surface area contributed by atoms with Crippen LogP contribution >= 0.6 is 0 Å². The number of aromatic nitrogens is 2. The fourth-order valence-electron chi connectivity index (χ4n) is 4.74. The van der Waals surface area contributed by atoms with Crippen LogP contribution in [0.15, 0.2) is 6.07 Å². The zero-order chi connectivity index (χ0) is 14.8. The summed E-state index contributed by atoms with van der Waals surface area (Å²) in [5.41, 5.74) is 9.04. The maximum atomic E-state index is 6.59. The van der Waals surface area contributed by atoms with E-state index in [9.17, 15) is 0 Å². The molecule has 0 saturated heterocycles. The number of nitrogens with two attached hydrogens (primary N) is 1. The van der Waals surface area contributed by atoms with Crippen LogP contribution in [0.3, 0.4) is 0 Å². The molecular formula is C18H31N3. The van der Waals surface area contributed by atoms with Crippen LogP contribution in [-0.4, -0.2) is 15.8 Å². The van der Waals surface area contributed by atoms with Gasteiger partial charge in [-0.3, -0.25) is 4.68 Å². The molecule has 3 nitrogen and oxygen atoms in total. The lowest BCUT2D eigenvalue weighted by Crippen LogP contribution is -2.39. The molecule has 2 fully saturated rings. The summed E-state index contributed by atoms with van der Waals surface area (Å²) in [7, 11) is 0. The summed E-state index contributed by atoms with van der Waals surface area (Å²) >= 11 is 0. The molecule has 4 atom stereocenters. The normalized spacial score (nSPS) is 30.9. The minimum absolute atomic E-state index is 0.314. The van der Waals surface area contributed by atoms with Crippen molar-refractivity contribution in [1.82, 2.24) is 9.78 Å². The Labute approximate surface area is 129 Å². The van der Waals surface area contributed by atoms with Crippen molar-refractivity contribution in [3.8, 4) is 0 Å². The third kappa shape index (κ3) is 3.33. The molecule has 3 rings (SSSR count). The molecule has 3 heteroatoms. The summed E-state index contributed by atoms with van der Waals surface area (Å²) in [6.45, 7) is 5.19. The number of hydrogen-bond acceptors (Lipinski definition) is 2. The van der Waals surface area contributed by atoms with E-state index >= 15 is 0 Å². The molecule has 2 aliphatic carbocycles. The molecule has 1 aromatic heterocycles. The molecule has 0 aromatic carbocycles. The van der Waals surface area contributed by atoms with Gasteiger partial charge in [0.05, 0.1) is 5.69 Å². The topological polar surface area (TPSA) is 43.8 Å². The molecule has 2 saturated carbocycles. The number of hydrogen-bond donors (Lipinski definition) is 1. The highest BCUT2D eigenvalue weighted by Gasteiger charge is 2.34. The summed E-state index contributed by atoms with van der Waals surface area (Å²) in [5, 5.41) is 4.55. The quantitative estimate of drug-likeness (QED) is 0.918. The van der Waals surface area contributed by atoms with Gasteiger partial charge < -0.3 is 5.73 Å². The van der Waals surface area contributed by atoms with Gasteiger partial charge in [0.2, 0.25) is 0 Å². The van der Waals surface area contributed by atoms with Crippen LogP contribution in [0.4, 0.5) is 0 Å². The molecule has 1 heterocycles. The monoisotopic (exact) mass is 289 g/mol. The minimum atomic E-state index is 0.314. The highest BCUT2D eigenvalue weighted by atomic mass is 15.3. The van der Waals surface area contributed by atoms with Gasteiger partial charge in [-0.2, -0.15) is 5.10 Å². The summed E-state index contributed by atoms with van der Waals surface area (Å²) in [6.07, 6.45) is 11.0. The summed E-state index contributed by atoms with van der Waals surface area (Å²) < 4.78 is 2.13. The van der Waals surface area contributed by atoms with Gasteiger partial charge in [0, 0.05) is 24.7 Å². The van der Waals surface area contributed by atoms with Gasteiger partial charge in [-0.05, 0) is 56.9 Å². The smallest absolute Gasteiger partial charge is 0.0596 e. The van der Waals surface area contributed by atoms with Crippen molar-refractivity contribution in [2.24, 2.45) is 23.5 Å². The minimum Gasteiger partial charge on any atom is -0.327 e. The van der Waals surface area contributed by atoms with Crippen molar-refractivity contribution in [2.45, 2.75) is 77.8 Å². The van der Waals surface area contributed by atoms with E-state index in [0.717, 1.165) is 36.4 Å². The van der Waals surface area contributed by atoms with Crippen molar-refractivity contribution in [1.29, 1.82) is 0 Å². The van der Waals surface area contributed by atoms with Crippen molar-refractivity contribution < 1.29 is 0 Å². The van der Waals surface area contributed by atoms with Gasteiger partial charge in [-0.15, -0.1) is 0 Å². The lowest BCUT2D eigenvalue weighted by atomic mass is 9.66. The first-order valence-corrected chi connectivity index (χ1v) is 8.96.